The van der Waals surface area contributed by atoms with Crippen LogP contribution >= 0.6 is 23.1 Å². The quantitative estimate of drug-likeness (QED) is 0.257. The fraction of sp³-hybridized carbons (Fsp3) is 0.0952. The van der Waals surface area contributed by atoms with E-state index >= 15 is 0 Å². The van der Waals surface area contributed by atoms with Crippen LogP contribution in [0.4, 0.5) is 0 Å². The zero-order chi connectivity index (χ0) is 17.9. The molecule has 0 unspecified atom stereocenters. The molecule has 0 spiro atoms. The minimum Gasteiger partial charge on any atom is -0.293 e. The zero-order valence-electron chi connectivity index (χ0n) is 14.2. The highest BCUT2D eigenvalue weighted by Crippen LogP contribution is 2.41. The Labute approximate surface area is 160 Å². The summed E-state index contributed by atoms with van der Waals surface area (Å²) in [7, 11) is 0. The van der Waals surface area contributed by atoms with Crippen LogP contribution in [0.15, 0.2) is 72.0 Å². The number of carbonyl (C=O) groups is 1. The van der Waals surface area contributed by atoms with Crippen LogP contribution in [0.1, 0.15) is 15.2 Å². The Kier molecular flexibility index (Phi) is 4.82. The van der Waals surface area contributed by atoms with Crippen LogP contribution < -0.4 is 0 Å². The minimum absolute atomic E-state index is 0.107. The molecule has 0 bridgehead atoms. The molecule has 3 nitrogen and oxygen atoms in total. The van der Waals surface area contributed by atoms with Crippen molar-refractivity contribution in [1.29, 1.82) is 0 Å². The number of carbonyl (C=O) groups excluding carboxylic acids is 1. The molecular formula is C21H16N2OS2. The summed E-state index contributed by atoms with van der Waals surface area (Å²) in [4.78, 5) is 23.5. The maximum absolute atomic E-state index is 12.5. The van der Waals surface area contributed by atoms with Gasteiger partial charge in [-0.15, -0.1) is 11.3 Å². The van der Waals surface area contributed by atoms with Gasteiger partial charge >= 0.3 is 0 Å². The Balaban J connectivity index is 1.71. The van der Waals surface area contributed by atoms with Gasteiger partial charge in [0.1, 0.15) is 16.2 Å². The molecule has 0 atom stereocenters. The molecule has 5 heteroatoms. The van der Waals surface area contributed by atoms with Crippen molar-refractivity contribution in [1.82, 2.24) is 9.97 Å². The highest BCUT2D eigenvalue weighted by molar-refractivity contribution is 8.00. The Morgan fingerprint density at radius 1 is 1.00 bits per heavy atom. The molecule has 0 aliphatic heterocycles. The van der Waals surface area contributed by atoms with Crippen LogP contribution in [0.5, 0.6) is 0 Å². The maximum Gasteiger partial charge on any atom is 0.173 e. The minimum atomic E-state index is 0.107. The zero-order valence-corrected chi connectivity index (χ0v) is 15.8. The van der Waals surface area contributed by atoms with E-state index in [9.17, 15) is 4.79 Å². The summed E-state index contributed by atoms with van der Waals surface area (Å²) in [5.41, 5.74) is 3.05. The fourth-order valence-corrected chi connectivity index (χ4v) is 4.90. The number of Topliss-reactive ketones (excluding diaryl/α,β-unsaturated/α-hetero) is 1. The first kappa shape index (κ1) is 16.9. The number of rotatable bonds is 5. The third kappa shape index (κ3) is 3.28. The number of aryl methyl sites for hydroxylation is 1. The van der Waals surface area contributed by atoms with Crippen LogP contribution in [0, 0.1) is 6.92 Å². The van der Waals surface area contributed by atoms with Gasteiger partial charge in [0.05, 0.1) is 11.1 Å². The largest absolute Gasteiger partial charge is 0.293 e. The van der Waals surface area contributed by atoms with Gasteiger partial charge in [-0.3, -0.25) is 4.79 Å². The number of benzene rings is 2. The number of thioether (sulfide) groups is 1. The number of aromatic nitrogens is 2. The van der Waals surface area contributed by atoms with Crippen molar-refractivity contribution >= 4 is 39.1 Å². The smallest absolute Gasteiger partial charge is 0.173 e. The predicted molar refractivity (Wildman–Crippen MR) is 109 cm³/mol. The van der Waals surface area contributed by atoms with Crippen LogP contribution in [0.3, 0.4) is 0 Å². The molecule has 0 aliphatic carbocycles. The van der Waals surface area contributed by atoms with Crippen molar-refractivity contribution in [3.63, 3.8) is 0 Å². The second-order valence-corrected chi connectivity index (χ2v) is 8.00. The molecule has 4 aromatic rings. The summed E-state index contributed by atoms with van der Waals surface area (Å²) in [6.45, 7) is 2.11. The van der Waals surface area contributed by atoms with Crippen LogP contribution in [0.25, 0.3) is 21.3 Å². The van der Waals surface area contributed by atoms with Gasteiger partial charge in [0.2, 0.25) is 0 Å². The second-order valence-electron chi connectivity index (χ2n) is 5.84. The van der Waals surface area contributed by atoms with E-state index in [0.717, 1.165) is 26.4 Å². The number of hydrogen-bond acceptors (Lipinski definition) is 5. The number of fused-ring (bicyclic) bond motifs is 1. The van der Waals surface area contributed by atoms with Gasteiger partial charge in [-0.1, -0.05) is 72.4 Å². The summed E-state index contributed by atoms with van der Waals surface area (Å²) in [5.74, 6) is 0.467. The Morgan fingerprint density at radius 2 is 1.69 bits per heavy atom. The van der Waals surface area contributed by atoms with Crippen molar-refractivity contribution in [2.75, 3.05) is 5.75 Å². The van der Waals surface area contributed by atoms with Crippen molar-refractivity contribution in [3.05, 3.63) is 77.4 Å². The first-order valence-electron chi connectivity index (χ1n) is 8.24. The average molecular weight is 377 g/mol. The topological polar surface area (TPSA) is 42.9 Å². The molecule has 26 heavy (non-hydrogen) atoms. The van der Waals surface area contributed by atoms with E-state index in [1.165, 1.54) is 22.2 Å². The SMILES string of the molecule is Cc1sc2ncnc(SCC(=O)c3ccccc3)c2c1-c1ccccc1. The third-order valence-corrected chi connectivity index (χ3v) is 6.13. The summed E-state index contributed by atoms with van der Waals surface area (Å²) in [5, 5.41) is 1.91. The molecule has 0 aliphatic rings. The lowest BCUT2D eigenvalue weighted by Gasteiger charge is -2.06. The Bertz CT molecular complexity index is 1060. The first-order chi connectivity index (χ1) is 12.7. The highest BCUT2D eigenvalue weighted by Gasteiger charge is 2.17. The monoisotopic (exact) mass is 376 g/mol. The molecule has 2 aromatic heterocycles. The van der Waals surface area contributed by atoms with Gasteiger partial charge in [0.15, 0.2) is 5.78 Å². The summed E-state index contributed by atoms with van der Waals surface area (Å²) in [6, 6.07) is 19.7. The molecule has 0 amide bonds. The standard InChI is InChI=1S/C21H16N2OS2/c1-14-18(16-10-6-3-7-11-16)19-20(22-13-23-21(19)26-14)25-12-17(24)15-8-4-2-5-9-15/h2-11,13H,12H2,1H3. The lowest BCUT2D eigenvalue weighted by atomic mass is 10.0. The van der Waals surface area contributed by atoms with E-state index < -0.39 is 0 Å². The summed E-state index contributed by atoms with van der Waals surface area (Å²) >= 11 is 3.15. The fourth-order valence-electron chi connectivity index (χ4n) is 2.92. The normalized spacial score (nSPS) is 11.0. The van der Waals surface area contributed by atoms with Crippen molar-refractivity contribution in [2.45, 2.75) is 11.9 Å². The van der Waals surface area contributed by atoms with E-state index in [1.54, 1.807) is 17.7 Å². The molecular weight excluding hydrogens is 360 g/mol. The lowest BCUT2D eigenvalue weighted by molar-refractivity contribution is 0.102. The van der Waals surface area contributed by atoms with Gasteiger partial charge in [0, 0.05) is 16.0 Å². The summed E-state index contributed by atoms with van der Waals surface area (Å²) in [6.07, 6.45) is 1.59. The molecule has 2 heterocycles. The number of ketones is 1. The van der Waals surface area contributed by atoms with Crippen LogP contribution in [-0.4, -0.2) is 21.5 Å². The number of nitrogens with zero attached hydrogens (tertiary/aromatic N) is 2. The maximum atomic E-state index is 12.5. The van der Waals surface area contributed by atoms with E-state index in [1.807, 2.05) is 48.5 Å². The molecule has 0 radical (unpaired) electrons. The van der Waals surface area contributed by atoms with E-state index in [2.05, 4.69) is 29.0 Å². The van der Waals surface area contributed by atoms with Gasteiger partial charge in [-0.2, -0.15) is 0 Å². The van der Waals surface area contributed by atoms with Gasteiger partial charge in [0.25, 0.3) is 0 Å². The van der Waals surface area contributed by atoms with Gasteiger partial charge in [-0.05, 0) is 12.5 Å². The average Bonchev–Trinajstić information content (AvgIpc) is 3.03. The van der Waals surface area contributed by atoms with Crippen molar-refractivity contribution in [2.24, 2.45) is 0 Å². The number of hydrogen-bond donors (Lipinski definition) is 0. The van der Waals surface area contributed by atoms with E-state index in [-0.39, 0.29) is 5.78 Å². The molecule has 2 aromatic carbocycles. The van der Waals surface area contributed by atoms with E-state index in [4.69, 9.17) is 0 Å². The van der Waals surface area contributed by atoms with E-state index in [0.29, 0.717) is 5.75 Å². The molecule has 4 rings (SSSR count). The molecule has 0 saturated carbocycles. The predicted octanol–water partition coefficient (Wildman–Crippen LogP) is 5.64. The number of thiophene rings is 1. The second kappa shape index (κ2) is 7.40. The van der Waals surface area contributed by atoms with Gasteiger partial charge < -0.3 is 0 Å². The van der Waals surface area contributed by atoms with Crippen LogP contribution in [-0.2, 0) is 0 Å². The molecule has 0 fully saturated rings. The third-order valence-electron chi connectivity index (χ3n) is 4.13. The highest BCUT2D eigenvalue weighted by atomic mass is 32.2. The molecule has 128 valence electrons. The van der Waals surface area contributed by atoms with Crippen LogP contribution in [0.2, 0.25) is 0 Å². The molecule has 0 saturated heterocycles. The van der Waals surface area contributed by atoms with Crippen molar-refractivity contribution < 1.29 is 4.79 Å². The summed E-state index contributed by atoms with van der Waals surface area (Å²) < 4.78 is 0. The van der Waals surface area contributed by atoms with Crippen molar-refractivity contribution in [3.8, 4) is 11.1 Å². The Hall–Kier alpha value is -2.50. The lowest BCUT2D eigenvalue weighted by Crippen LogP contribution is -2.02. The van der Waals surface area contributed by atoms with Gasteiger partial charge in [-0.25, -0.2) is 9.97 Å². The Morgan fingerprint density at radius 3 is 2.42 bits per heavy atom. The first-order valence-corrected chi connectivity index (χ1v) is 10.0. The molecule has 0 N–H and O–H groups in total.